The molecule has 2 amide bonds. The smallest absolute Gasteiger partial charge is 0.317 e. The van der Waals surface area contributed by atoms with Crippen LogP contribution in [0.15, 0.2) is 0 Å². The van der Waals surface area contributed by atoms with E-state index in [-0.39, 0.29) is 18.0 Å². The summed E-state index contributed by atoms with van der Waals surface area (Å²) in [6.45, 7) is 1.40. The maximum Gasteiger partial charge on any atom is 0.317 e. The number of aliphatic carboxylic acids is 1. The van der Waals surface area contributed by atoms with Crippen molar-refractivity contribution in [1.29, 1.82) is 0 Å². The zero-order chi connectivity index (χ0) is 10.8. The molecule has 1 heterocycles. The summed E-state index contributed by atoms with van der Waals surface area (Å²) in [5.74, 6) is -1.13. The first-order valence-electron chi connectivity index (χ1n) is 5.47. The van der Waals surface area contributed by atoms with Crippen LogP contribution in [-0.4, -0.2) is 41.1 Å². The van der Waals surface area contributed by atoms with Crippen molar-refractivity contribution in [2.45, 2.75) is 31.7 Å². The lowest BCUT2D eigenvalue weighted by Crippen LogP contribution is -2.53. The molecule has 1 saturated carbocycles. The van der Waals surface area contributed by atoms with Gasteiger partial charge in [0.1, 0.15) is 0 Å². The van der Waals surface area contributed by atoms with Gasteiger partial charge in [0, 0.05) is 19.1 Å². The van der Waals surface area contributed by atoms with Crippen molar-refractivity contribution in [3.05, 3.63) is 0 Å². The average Bonchev–Trinajstić information content (AvgIpc) is 2.67. The van der Waals surface area contributed by atoms with Gasteiger partial charge in [-0.3, -0.25) is 4.79 Å². The second-order valence-corrected chi connectivity index (χ2v) is 4.22. The fourth-order valence-corrected chi connectivity index (χ4v) is 2.57. The molecule has 2 N–H and O–H groups in total. The minimum absolute atomic E-state index is 0.0946. The molecule has 84 valence electrons. The van der Waals surface area contributed by atoms with Crippen molar-refractivity contribution < 1.29 is 14.7 Å². The van der Waals surface area contributed by atoms with Gasteiger partial charge in [0.05, 0.1) is 5.92 Å². The Morgan fingerprint density at radius 2 is 2.20 bits per heavy atom. The number of nitrogens with zero attached hydrogens (tertiary/aromatic N) is 1. The Morgan fingerprint density at radius 3 is 2.87 bits per heavy atom. The van der Waals surface area contributed by atoms with Crippen molar-refractivity contribution >= 4 is 12.0 Å². The second kappa shape index (κ2) is 4.08. The molecule has 15 heavy (non-hydrogen) atoms. The largest absolute Gasteiger partial charge is 0.481 e. The Labute approximate surface area is 88.4 Å². The molecule has 1 aliphatic heterocycles. The van der Waals surface area contributed by atoms with E-state index in [4.69, 9.17) is 5.11 Å². The topological polar surface area (TPSA) is 69.6 Å². The number of carboxylic acids is 1. The molecular formula is C10H16N2O3. The number of nitrogens with one attached hydrogen (secondary N) is 1. The van der Waals surface area contributed by atoms with Gasteiger partial charge in [-0.25, -0.2) is 4.79 Å². The molecule has 5 nitrogen and oxygen atoms in total. The van der Waals surface area contributed by atoms with Crippen LogP contribution in [-0.2, 0) is 4.79 Å². The summed E-state index contributed by atoms with van der Waals surface area (Å²) in [5, 5.41) is 11.8. The molecule has 0 aromatic carbocycles. The summed E-state index contributed by atoms with van der Waals surface area (Å²) < 4.78 is 0. The van der Waals surface area contributed by atoms with Gasteiger partial charge in [-0.15, -0.1) is 0 Å². The standard InChI is InChI=1S/C10H16N2O3/c13-9(14)7-3-1-4-8(7)12-6-2-5-11-10(12)15/h7-8H,1-6H2,(H,11,15)(H,13,14)/t7-,8+/m1/s1. The second-order valence-electron chi connectivity index (χ2n) is 4.22. The van der Waals surface area contributed by atoms with Crippen LogP contribution in [0.4, 0.5) is 4.79 Å². The molecule has 0 aromatic rings. The molecular weight excluding hydrogens is 196 g/mol. The highest BCUT2D eigenvalue weighted by molar-refractivity contribution is 5.77. The summed E-state index contributed by atoms with van der Waals surface area (Å²) in [4.78, 5) is 24.3. The number of rotatable bonds is 2. The Kier molecular flexibility index (Phi) is 2.79. The van der Waals surface area contributed by atoms with Crippen LogP contribution in [0.25, 0.3) is 0 Å². The van der Waals surface area contributed by atoms with Crippen LogP contribution < -0.4 is 5.32 Å². The first-order chi connectivity index (χ1) is 7.20. The SMILES string of the molecule is O=C(O)[C@@H]1CCC[C@@H]1N1CCCNC1=O. The zero-order valence-corrected chi connectivity index (χ0v) is 8.61. The molecule has 2 rings (SSSR count). The van der Waals surface area contributed by atoms with Gasteiger partial charge >= 0.3 is 12.0 Å². The zero-order valence-electron chi connectivity index (χ0n) is 8.61. The lowest BCUT2D eigenvalue weighted by molar-refractivity contribution is -0.143. The predicted molar refractivity (Wildman–Crippen MR) is 53.5 cm³/mol. The normalized spacial score (nSPS) is 31.5. The molecule has 2 aliphatic rings. The van der Waals surface area contributed by atoms with Crippen molar-refractivity contribution in [1.82, 2.24) is 10.2 Å². The Morgan fingerprint density at radius 1 is 1.40 bits per heavy atom. The number of carbonyl (C=O) groups excluding carboxylic acids is 1. The quantitative estimate of drug-likeness (QED) is 0.706. The molecule has 0 unspecified atom stereocenters. The third-order valence-electron chi connectivity index (χ3n) is 3.31. The summed E-state index contributed by atoms with van der Waals surface area (Å²) in [5.41, 5.74) is 0. The molecule has 1 saturated heterocycles. The Bertz CT molecular complexity index is 280. The minimum Gasteiger partial charge on any atom is -0.481 e. The highest BCUT2D eigenvalue weighted by Gasteiger charge is 2.39. The maximum absolute atomic E-state index is 11.6. The molecule has 0 aromatic heterocycles. The van der Waals surface area contributed by atoms with Crippen molar-refractivity contribution in [2.24, 2.45) is 5.92 Å². The number of carboxylic acid groups (broad SMARTS) is 1. The van der Waals surface area contributed by atoms with E-state index < -0.39 is 5.97 Å². The monoisotopic (exact) mass is 212 g/mol. The minimum atomic E-state index is -0.768. The predicted octanol–water partition coefficient (Wildman–Crippen LogP) is 0.655. The summed E-state index contributed by atoms with van der Waals surface area (Å²) in [6.07, 6.45) is 3.34. The molecule has 2 fully saturated rings. The van der Waals surface area contributed by atoms with Gasteiger partial charge in [0.25, 0.3) is 0 Å². The molecule has 0 radical (unpaired) electrons. The third kappa shape index (κ3) is 1.91. The van der Waals surface area contributed by atoms with E-state index in [1.807, 2.05) is 0 Å². The van der Waals surface area contributed by atoms with E-state index in [0.29, 0.717) is 19.5 Å². The van der Waals surface area contributed by atoms with Gasteiger partial charge in [0.2, 0.25) is 0 Å². The first-order valence-corrected chi connectivity index (χ1v) is 5.47. The molecule has 0 bridgehead atoms. The molecule has 1 aliphatic carbocycles. The summed E-state index contributed by atoms with van der Waals surface area (Å²) in [7, 11) is 0. The van der Waals surface area contributed by atoms with E-state index in [2.05, 4.69) is 5.32 Å². The molecule has 2 atom stereocenters. The van der Waals surface area contributed by atoms with E-state index in [1.165, 1.54) is 0 Å². The van der Waals surface area contributed by atoms with E-state index in [1.54, 1.807) is 4.90 Å². The number of amides is 2. The van der Waals surface area contributed by atoms with Crippen molar-refractivity contribution in [2.75, 3.05) is 13.1 Å². The number of urea groups is 1. The van der Waals surface area contributed by atoms with Crippen LogP contribution in [0.2, 0.25) is 0 Å². The van der Waals surface area contributed by atoms with Crippen LogP contribution >= 0.6 is 0 Å². The lowest BCUT2D eigenvalue weighted by Gasteiger charge is -2.34. The third-order valence-corrected chi connectivity index (χ3v) is 3.31. The summed E-state index contributed by atoms with van der Waals surface area (Å²) in [6, 6.07) is -0.192. The van der Waals surface area contributed by atoms with Gasteiger partial charge in [0.15, 0.2) is 0 Å². The first kappa shape index (κ1) is 10.3. The van der Waals surface area contributed by atoms with Gasteiger partial charge in [-0.2, -0.15) is 0 Å². The van der Waals surface area contributed by atoms with Crippen LogP contribution in [0.5, 0.6) is 0 Å². The summed E-state index contributed by atoms with van der Waals surface area (Å²) >= 11 is 0. The van der Waals surface area contributed by atoms with E-state index >= 15 is 0 Å². The van der Waals surface area contributed by atoms with Crippen LogP contribution in [0, 0.1) is 5.92 Å². The van der Waals surface area contributed by atoms with Crippen molar-refractivity contribution in [3.8, 4) is 0 Å². The van der Waals surface area contributed by atoms with Gasteiger partial charge < -0.3 is 15.3 Å². The lowest BCUT2D eigenvalue weighted by atomic mass is 10.0. The van der Waals surface area contributed by atoms with Gasteiger partial charge in [-0.05, 0) is 19.3 Å². The van der Waals surface area contributed by atoms with E-state index in [0.717, 1.165) is 19.3 Å². The van der Waals surface area contributed by atoms with E-state index in [9.17, 15) is 9.59 Å². The fraction of sp³-hybridized carbons (Fsp3) is 0.800. The molecule has 5 heteroatoms. The Balaban J connectivity index is 2.07. The fourth-order valence-electron chi connectivity index (χ4n) is 2.57. The van der Waals surface area contributed by atoms with Crippen LogP contribution in [0.3, 0.4) is 0 Å². The Hall–Kier alpha value is -1.26. The maximum atomic E-state index is 11.6. The van der Waals surface area contributed by atoms with Crippen LogP contribution in [0.1, 0.15) is 25.7 Å². The number of hydrogen-bond donors (Lipinski definition) is 2. The number of hydrogen-bond acceptors (Lipinski definition) is 2. The van der Waals surface area contributed by atoms with Gasteiger partial charge in [-0.1, -0.05) is 6.42 Å². The average molecular weight is 212 g/mol. The highest BCUT2D eigenvalue weighted by atomic mass is 16.4. The van der Waals surface area contributed by atoms with Crippen molar-refractivity contribution in [3.63, 3.8) is 0 Å². The number of carbonyl (C=O) groups is 2. The molecule has 0 spiro atoms. The highest BCUT2D eigenvalue weighted by Crippen LogP contribution is 2.30.